The molecule has 1 N–H and O–H groups in total. The van der Waals surface area contributed by atoms with Gasteiger partial charge < -0.3 is 4.90 Å². The van der Waals surface area contributed by atoms with Gasteiger partial charge in [0.15, 0.2) is 0 Å². The molecule has 0 radical (unpaired) electrons. The lowest BCUT2D eigenvalue weighted by molar-refractivity contribution is -0.0726. The zero-order valence-electron chi connectivity index (χ0n) is 21.3. The van der Waals surface area contributed by atoms with E-state index < -0.39 is 0 Å². The van der Waals surface area contributed by atoms with Crippen molar-refractivity contribution in [1.82, 2.24) is 10.2 Å². The van der Waals surface area contributed by atoms with E-state index in [2.05, 4.69) is 50.9 Å². The van der Waals surface area contributed by atoms with Gasteiger partial charge in [-0.25, -0.2) is 0 Å². The first-order chi connectivity index (χ1) is 14.8. The van der Waals surface area contributed by atoms with E-state index in [1.807, 2.05) is 0 Å². The first-order valence-electron chi connectivity index (χ1n) is 14.1. The monoisotopic (exact) mass is 426 g/mol. The molecule has 2 saturated heterocycles. The first kappa shape index (κ1) is 22.3. The first-order valence-corrected chi connectivity index (χ1v) is 14.1. The van der Waals surface area contributed by atoms with Crippen LogP contribution in [0.15, 0.2) is 11.8 Å². The molecule has 2 heteroatoms. The molecule has 0 aromatic carbocycles. The molecule has 0 aromatic rings. The fraction of sp³-hybridized carbons (Fsp3) is 0.931. The molecule has 0 bridgehead atoms. The average Bonchev–Trinajstić information content (AvgIpc) is 3.10. The molecule has 8 unspecified atom stereocenters. The van der Waals surface area contributed by atoms with Crippen LogP contribution in [0.2, 0.25) is 0 Å². The van der Waals surface area contributed by atoms with Crippen LogP contribution < -0.4 is 5.32 Å². The van der Waals surface area contributed by atoms with Crippen molar-refractivity contribution in [2.45, 2.75) is 111 Å². The summed E-state index contributed by atoms with van der Waals surface area (Å²) in [6, 6.07) is 0. The number of nitrogens with one attached hydrogen (secondary N) is 1. The topological polar surface area (TPSA) is 15.3 Å². The molecule has 31 heavy (non-hydrogen) atoms. The summed E-state index contributed by atoms with van der Waals surface area (Å²) in [6.07, 6.45) is 19.2. The highest BCUT2D eigenvalue weighted by molar-refractivity contribution is 5.25. The lowest BCUT2D eigenvalue weighted by atomic mass is 9.48. The van der Waals surface area contributed by atoms with Gasteiger partial charge in [-0.1, -0.05) is 60.0 Å². The number of fused-ring (bicyclic) bond motifs is 7. The van der Waals surface area contributed by atoms with Crippen molar-refractivity contribution in [1.29, 1.82) is 0 Å². The second-order valence-electron chi connectivity index (χ2n) is 13.2. The van der Waals surface area contributed by atoms with Gasteiger partial charge in [-0.15, -0.1) is 0 Å². The van der Waals surface area contributed by atoms with Crippen molar-refractivity contribution in [2.24, 2.45) is 46.3 Å². The molecule has 2 heterocycles. The third-order valence-electron chi connectivity index (χ3n) is 11.2. The quantitative estimate of drug-likeness (QED) is 0.499. The van der Waals surface area contributed by atoms with Crippen molar-refractivity contribution < 1.29 is 0 Å². The Labute approximate surface area is 193 Å². The number of nitrogens with zero attached hydrogens (tertiary/aromatic N) is 1. The van der Waals surface area contributed by atoms with Gasteiger partial charge >= 0.3 is 0 Å². The normalized spacial score (nSPS) is 45.4. The number of piperidine rings is 1. The molecule has 3 aliphatic carbocycles. The van der Waals surface area contributed by atoms with Crippen LogP contribution in [0.5, 0.6) is 0 Å². The number of hydrogen-bond acceptors (Lipinski definition) is 2. The second kappa shape index (κ2) is 8.37. The van der Waals surface area contributed by atoms with Crippen LogP contribution in [0.4, 0.5) is 0 Å². The van der Waals surface area contributed by atoms with Gasteiger partial charge in [0.05, 0.1) is 6.17 Å². The van der Waals surface area contributed by atoms with Crippen LogP contribution in [-0.2, 0) is 0 Å². The lowest BCUT2D eigenvalue weighted by Crippen LogP contribution is -2.60. The minimum Gasteiger partial charge on any atom is -0.359 e. The van der Waals surface area contributed by atoms with Gasteiger partial charge in [0.25, 0.3) is 0 Å². The maximum atomic E-state index is 3.81. The number of hydrogen-bond donors (Lipinski definition) is 1. The Balaban J connectivity index is 1.33. The van der Waals surface area contributed by atoms with E-state index in [9.17, 15) is 0 Å². The summed E-state index contributed by atoms with van der Waals surface area (Å²) in [4.78, 5) is 2.80. The molecule has 5 aliphatic rings. The molecule has 8 atom stereocenters. The van der Waals surface area contributed by atoms with E-state index in [-0.39, 0.29) is 0 Å². The highest BCUT2D eigenvalue weighted by Crippen LogP contribution is 2.67. The Hall–Kier alpha value is -0.500. The fourth-order valence-corrected chi connectivity index (χ4v) is 9.63. The van der Waals surface area contributed by atoms with Crippen molar-refractivity contribution >= 4 is 0 Å². The maximum Gasteiger partial charge on any atom is 0.0793 e. The molecular weight excluding hydrogens is 376 g/mol. The Morgan fingerprint density at radius 3 is 2.68 bits per heavy atom. The van der Waals surface area contributed by atoms with E-state index in [0.29, 0.717) is 17.0 Å². The summed E-state index contributed by atoms with van der Waals surface area (Å²) in [7, 11) is 0. The number of allylic oxidation sites excluding steroid dienone is 2. The summed E-state index contributed by atoms with van der Waals surface area (Å²) < 4.78 is 0. The Morgan fingerprint density at radius 1 is 1.03 bits per heavy atom. The SMILES string of the molecule is CC(C)CCCC(C)C1CCC2C3CC=C4N5CCCNC5CCC4(C)C3CCC12C. The highest BCUT2D eigenvalue weighted by Gasteiger charge is 2.60. The predicted molar refractivity (Wildman–Crippen MR) is 132 cm³/mol. The minimum atomic E-state index is 0.445. The molecule has 0 spiro atoms. The van der Waals surface area contributed by atoms with Gasteiger partial charge in [0.2, 0.25) is 0 Å². The van der Waals surface area contributed by atoms with E-state index in [1.165, 1.54) is 83.7 Å². The van der Waals surface area contributed by atoms with Crippen molar-refractivity contribution in [3.8, 4) is 0 Å². The zero-order chi connectivity index (χ0) is 21.8. The molecule has 176 valence electrons. The summed E-state index contributed by atoms with van der Waals surface area (Å²) in [5.74, 6) is 5.63. The largest absolute Gasteiger partial charge is 0.359 e. The predicted octanol–water partition coefficient (Wildman–Crippen LogP) is 7.22. The standard InChI is InChI=1S/C29H50N2/c1-20(2)8-6-9-21(3)23-11-12-24-22-10-13-26-29(5,25(22)14-16-28(23,24)4)17-15-27-30-18-7-19-31(26)27/h13,20-25,27,30H,6-12,14-19H2,1-5H3. The van der Waals surface area contributed by atoms with Crippen LogP contribution in [0.1, 0.15) is 105 Å². The smallest absolute Gasteiger partial charge is 0.0793 e. The molecule has 0 amide bonds. The Bertz CT molecular complexity index is 682. The van der Waals surface area contributed by atoms with Crippen LogP contribution in [-0.4, -0.2) is 24.2 Å². The number of rotatable bonds is 5. The fourth-order valence-electron chi connectivity index (χ4n) is 9.63. The van der Waals surface area contributed by atoms with Gasteiger partial charge in [-0.2, -0.15) is 0 Å². The molecule has 2 nitrogen and oxygen atoms in total. The van der Waals surface area contributed by atoms with Crippen LogP contribution >= 0.6 is 0 Å². The average molecular weight is 427 g/mol. The molecular formula is C29H50N2. The lowest BCUT2D eigenvalue weighted by Gasteiger charge is -2.61. The second-order valence-corrected chi connectivity index (χ2v) is 13.2. The van der Waals surface area contributed by atoms with Crippen LogP contribution in [0.25, 0.3) is 0 Å². The van der Waals surface area contributed by atoms with Gasteiger partial charge in [-0.05, 0) is 98.8 Å². The van der Waals surface area contributed by atoms with Gasteiger partial charge in [0.1, 0.15) is 0 Å². The molecule has 2 aliphatic heterocycles. The summed E-state index contributed by atoms with van der Waals surface area (Å²) in [5, 5.41) is 3.81. The van der Waals surface area contributed by atoms with Crippen molar-refractivity contribution in [3.05, 3.63) is 11.8 Å². The Kier molecular flexibility index (Phi) is 6.02. The minimum absolute atomic E-state index is 0.445. The Morgan fingerprint density at radius 2 is 1.87 bits per heavy atom. The summed E-state index contributed by atoms with van der Waals surface area (Å²) in [5.41, 5.74) is 2.81. The molecule has 0 aromatic heterocycles. The van der Waals surface area contributed by atoms with Crippen molar-refractivity contribution in [2.75, 3.05) is 13.1 Å². The summed E-state index contributed by atoms with van der Waals surface area (Å²) in [6.45, 7) is 15.3. The summed E-state index contributed by atoms with van der Waals surface area (Å²) >= 11 is 0. The van der Waals surface area contributed by atoms with Gasteiger partial charge in [0, 0.05) is 17.7 Å². The van der Waals surface area contributed by atoms with Crippen molar-refractivity contribution in [3.63, 3.8) is 0 Å². The van der Waals surface area contributed by atoms with E-state index in [1.54, 1.807) is 5.70 Å². The van der Waals surface area contributed by atoms with Crippen LogP contribution in [0, 0.1) is 46.3 Å². The van der Waals surface area contributed by atoms with E-state index in [0.717, 1.165) is 35.5 Å². The van der Waals surface area contributed by atoms with Crippen LogP contribution in [0.3, 0.4) is 0 Å². The molecule has 4 fully saturated rings. The highest BCUT2D eigenvalue weighted by atomic mass is 15.3. The molecule has 5 rings (SSSR count). The zero-order valence-corrected chi connectivity index (χ0v) is 21.3. The molecule has 2 saturated carbocycles. The maximum absolute atomic E-state index is 3.81. The third-order valence-corrected chi connectivity index (χ3v) is 11.2. The van der Waals surface area contributed by atoms with E-state index >= 15 is 0 Å². The van der Waals surface area contributed by atoms with E-state index in [4.69, 9.17) is 0 Å². The third kappa shape index (κ3) is 3.62. The van der Waals surface area contributed by atoms with Gasteiger partial charge in [-0.3, -0.25) is 5.32 Å².